The summed E-state index contributed by atoms with van der Waals surface area (Å²) in [6.07, 6.45) is 17.9. The van der Waals surface area contributed by atoms with Crippen LogP contribution in [0.15, 0.2) is 53.0 Å². The van der Waals surface area contributed by atoms with Gasteiger partial charge in [-0.3, -0.25) is 4.79 Å². The molecule has 1 fully saturated rings. The number of carbonyl (C=O) groups is 1. The molecule has 3 heteroatoms. The summed E-state index contributed by atoms with van der Waals surface area (Å²) in [6.45, 7) is 1.67. The van der Waals surface area contributed by atoms with Crippen LogP contribution in [0.2, 0.25) is 0 Å². The molecule has 0 spiro atoms. The van der Waals surface area contributed by atoms with Crippen LogP contribution in [0.3, 0.4) is 0 Å². The van der Waals surface area contributed by atoms with Gasteiger partial charge in [-0.2, -0.15) is 0 Å². The Morgan fingerprint density at radius 2 is 1.89 bits per heavy atom. The zero-order valence-electron chi connectivity index (χ0n) is 16.9. The molecule has 2 nitrogen and oxygen atoms in total. The normalized spacial score (nSPS) is 25.0. The second-order valence-corrected chi connectivity index (χ2v) is 9.80. The topological polar surface area (TPSA) is 20.3 Å². The zero-order valence-corrected chi connectivity index (χ0v) is 17.8. The minimum Gasteiger partial charge on any atom is -0.337 e. The monoisotopic (exact) mass is 395 g/mol. The average Bonchev–Trinajstić information content (AvgIpc) is 2.96. The van der Waals surface area contributed by atoms with Gasteiger partial charge in [0.1, 0.15) is 0 Å². The summed E-state index contributed by atoms with van der Waals surface area (Å²) in [5.41, 5.74) is 2.87. The van der Waals surface area contributed by atoms with Gasteiger partial charge in [-0.05, 0) is 62.0 Å². The van der Waals surface area contributed by atoms with E-state index in [4.69, 9.17) is 0 Å². The molecular weight excluding hydrogens is 362 g/mol. The van der Waals surface area contributed by atoms with Gasteiger partial charge >= 0.3 is 0 Å². The van der Waals surface area contributed by atoms with Crippen molar-refractivity contribution >= 4 is 17.7 Å². The van der Waals surface area contributed by atoms with Crippen LogP contribution in [-0.2, 0) is 11.3 Å². The van der Waals surface area contributed by atoms with E-state index in [9.17, 15) is 4.79 Å². The van der Waals surface area contributed by atoms with Gasteiger partial charge in [0.15, 0.2) is 0 Å². The van der Waals surface area contributed by atoms with Gasteiger partial charge in [0.05, 0.1) is 0 Å². The molecule has 0 radical (unpaired) electrons. The van der Waals surface area contributed by atoms with Gasteiger partial charge < -0.3 is 4.90 Å². The fourth-order valence-electron chi connectivity index (χ4n) is 4.90. The number of carbonyl (C=O) groups excluding carboxylic acids is 1. The first-order valence-corrected chi connectivity index (χ1v) is 12.1. The lowest BCUT2D eigenvalue weighted by molar-refractivity contribution is -0.131. The lowest BCUT2D eigenvalue weighted by Gasteiger charge is -2.29. The second-order valence-electron chi connectivity index (χ2n) is 8.66. The van der Waals surface area contributed by atoms with Gasteiger partial charge in [0, 0.05) is 30.2 Å². The third kappa shape index (κ3) is 5.31. The Labute approximate surface area is 174 Å². The minimum absolute atomic E-state index is 0.358. The first kappa shape index (κ1) is 19.8. The van der Waals surface area contributed by atoms with Crippen LogP contribution in [0.1, 0.15) is 63.4 Å². The predicted molar refractivity (Wildman–Crippen MR) is 118 cm³/mol. The summed E-state index contributed by atoms with van der Waals surface area (Å²) < 4.78 is 0. The van der Waals surface area contributed by atoms with Crippen molar-refractivity contribution in [2.75, 3.05) is 12.3 Å². The number of nitrogens with zero attached hydrogens (tertiary/aromatic N) is 1. The molecule has 0 unspecified atom stereocenters. The number of fused-ring (bicyclic) bond motifs is 1. The molecule has 0 atom stereocenters. The van der Waals surface area contributed by atoms with Crippen LogP contribution >= 0.6 is 11.8 Å². The van der Waals surface area contributed by atoms with E-state index in [-0.39, 0.29) is 0 Å². The molecular formula is C25H33NOS. The smallest absolute Gasteiger partial charge is 0.222 e. The van der Waals surface area contributed by atoms with Gasteiger partial charge in [-0.1, -0.05) is 54.8 Å². The van der Waals surface area contributed by atoms with Crippen molar-refractivity contribution in [1.82, 2.24) is 4.90 Å². The van der Waals surface area contributed by atoms with E-state index in [2.05, 4.69) is 47.4 Å². The highest BCUT2D eigenvalue weighted by Crippen LogP contribution is 2.36. The molecule has 0 aromatic heterocycles. The van der Waals surface area contributed by atoms with Crippen LogP contribution in [0.5, 0.6) is 0 Å². The first-order valence-electron chi connectivity index (χ1n) is 11.1. The average molecular weight is 396 g/mol. The third-order valence-corrected chi connectivity index (χ3v) is 7.73. The van der Waals surface area contributed by atoms with Gasteiger partial charge in [-0.15, -0.1) is 11.8 Å². The molecule has 0 bridgehead atoms. The molecule has 150 valence electrons. The standard InChI is InChI=1S/C25H33NOS/c27-25(26-16-17-28-24-9-5-4-8-23(24)19-26)15-14-20-10-12-22(13-11-20)18-21-6-2-1-3-7-21/h2,4-9,20,22H,1,3,10-19H2. The lowest BCUT2D eigenvalue weighted by Crippen LogP contribution is -2.32. The Balaban J connectivity index is 1.20. The molecule has 28 heavy (non-hydrogen) atoms. The van der Waals surface area contributed by atoms with Crippen molar-refractivity contribution in [3.05, 3.63) is 53.6 Å². The SMILES string of the molecule is O=C(CCC1CCC(CC2=CCCC=C2)CC1)N1CCSc2ccccc2C1. The summed E-state index contributed by atoms with van der Waals surface area (Å²) in [7, 11) is 0. The molecule has 1 aromatic rings. The maximum atomic E-state index is 12.8. The number of hydrogen-bond acceptors (Lipinski definition) is 2. The Bertz CT molecular complexity index is 730. The predicted octanol–water partition coefficient (Wildman–Crippen LogP) is 6.37. The van der Waals surface area contributed by atoms with Crippen molar-refractivity contribution in [2.24, 2.45) is 11.8 Å². The number of amides is 1. The molecule has 1 heterocycles. The number of allylic oxidation sites excluding steroid dienone is 4. The quantitative estimate of drug-likeness (QED) is 0.577. The Kier molecular flexibility index (Phi) is 6.95. The van der Waals surface area contributed by atoms with E-state index >= 15 is 0 Å². The summed E-state index contributed by atoms with van der Waals surface area (Å²) in [4.78, 5) is 16.3. The number of thioether (sulfide) groups is 1. The van der Waals surface area contributed by atoms with E-state index in [1.54, 1.807) is 5.57 Å². The fourth-order valence-corrected chi connectivity index (χ4v) is 5.93. The molecule has 1 aromatic carbocycles. The summed E-state index contributed by atoms with van der Waals surface area (Å²) in [5, 5.41) is 0. The molecule has 1 amide bonds. The molecule has 0 saturated heterocycles. The van der Waals surface area contributed by atoms with Crippen LogP contribution < -0.4 is 0 Å². The van der Waals surface area contributed by atoms with E-state index in [0.717, 1.165) is 43.5 Å². The van der Waals surface area contributed by atoms with E-state index in [1.807, 2.05) is 11.8 Å². The summed E-state index contributed by atoms with van der Waals surface area (Å²) in [5.74, 6) is 2.99. The Morgan fingerprint density at radius 3 is 2.71 bits per heavy atom. The first-order chi connectivity index (χ1) is 13.8. The zero-order chi connectivity index (χ0) is 19.2. The maximum absolute atomic E-state index is 12.8. The van der Waals surface area contributed by atoms with Crippen molar-refractivity contribution < 1.29 is 4.79 Å². The van der Waals surface area contributed by atoms with Crippen molar-refractivity contribution in [2.45, 2.75) is 69.2 Å². The number of rotatable bonds is 5. The highest BCUT2D eigenvalue weighted by molar-refractivity contribution is 7.99. The van der Waals surface area contributed by atoms with Gasteiger partial charge in [0.2, 0.25) is 5.91 Å². The fraction of sp³-hybridized carbons (Fsp3) is 0.560. The lowest BCUT2D eigenvalue weighted by atomic mass is 9.77. The second kappa shape index (κ2) is 9.82. The van der Waals surface area contributed by atoms with Gasteiger partial charge in [-0.25, -0.2) is 0 Å². The van der Waals surface area contributed by atoms with E-state index < -0.39 is 0 Å². The molecule has 0 N–H and O–H groups in total. The summed E-state index contributed by atoms with van der Waals surface area (Å²) in [6, 6.07) is 8.55. The van der Waals surface area contributed by atoms with Crippen molar-refractivity contribution in [3.8, 4) is 0 Å². The minimum atomic E-state index is 0.358. The van der Waals surface area contributed by atoms with Crippen LogP contribution in [0.25, 0.3) is 0 Å². The van der Waals surface area contributed by atoms with Crippen molar-refractivity contribution in [3.63, 3.8) is 0 Å². The highest BCUT2D eigenvalue weighted by atomic mass is 32.2. The number of benzene rings is 1. The molecule has 3 aliphatic rings. The Hall–Kier alpha value is -1.48. The van der Waals surface area contributed by atoms with E-state index in [1.165, 1.54) is 55.4 Å². The van der Waals surface area contributed by atoms with Crippen molar-refractivity contribution in [1.29, 1.82) is 0 Å². The summed E-state index contributed by atoms with van der Waals surface area (Å²) >= 11 is 1.89. The van der Waals surface area contributed by atoms with Gasteiger partial charge in [0.25, 0.3) is 0 Å². The molecule has 1 aliphatic heterocycles. The molecule has 1 saturated carbocycles. The number of hydrogen-bond donors (Lipinski definition) is 0. The largest absolute Gasteiger partial charge is 0.337 e. The van der Waals surface area contributed by atoms with Crippen LogP contribution in [0.4, 0.5) is 0 Å². The molecule has 4 rings (SSSR count). The molecule has 2 aliphatic carbocycles. The van der Waals surface area contributed by atoms with E-state index in [0.29, 0.717) is 5.91 Å². The van der Waals surface area contributed by atoms with Crippen LogP contribution in [0, 0.1) is 11.8 Å². The third-order valence-electron chi connectivity index (χ3n) is 6.63. The maximum Gasteiger partial charge on any atom is 0.222 e. The highest BCUT2D eigenvalue weighted by Gasteiger charge is 2.24. The van der Waals surface area contributed by atoms with Crippen LogP contribution in [-0.4, -0.2) is 23.1 Å². The Morgan fingerprint density at radius 1 is 1.07 bits per heavy atom.